The van der Waals surface area contributed by atoms with Crippen molar-refractivity contribution in [2.75, 3.05) is 7.05 Å². The fourth-order valence-electron chi connectivity index (χ4n) is 3.12. The van der Waals surface area contributed by atoms with Gasteiger partial charge in [0.1, 0.15) is 0 Å². The van der Waals surface area contributed by atoms with E-state index in [1.807, 2.05) is 0 Å². The lowest BCUT2D eigenvalue weighted by Gasteiger charge is -2.22. The van der Waals surface area contributed by atoms with Crippen LogP contribution in [-0.4, -0.2) is 13.1 Å². The number of hydrogen-bond donors (Lipinski definition) is 1. The van der Waals surface area contributed by atoms with Gasteiger partial charge in [-0.3, -0.25) is 0 Å². The van der Waals surface area contributed by atoms with Crippen LogP contribution in [0.15, 0.2) is 0 Å². The zero-order chi connectivity index (χ0) is 11.6. The Labute approximate surface area is 102 Å². The number of rotatable bonds is 9. The minimum Gasteiger partial charge on any atom is -0.317 e. The van der Waals surface area contributed by atoms with Crippen molar-refractivity contribution in [1.29, 1.82) is 0 Å². The monoisotopic (exact) mass is 225 g/mol. The van der Waals surface area contributed by atoms with Crippen LogP contribution in [0.5, 0.6) is 0 Å². The average Bonchev–Trinajstić information content (AvgIpc) is 2.82. The molecule has 0 aromatic heterocycles. The maximum Gasteiger partial charge on any atom is 0.00923 e. The van der Waals surface area contributed by atoms with E-state index in [-0.39, 0.29) is 0 Å². The molecule has 1 aliphatic rings. The summed E-state index contributed by atoms with van der Waals surface area (Å²) in [6.45, 7) is 2.29. The molecule has 96 valence electrons. The first-order chi connectivity index (χ1) is 7.88. The van der Waals surface area contributed by atoms with Gasteiger partial charge < -0.3 is 5.32 Å². The summed E-state index contributed by atoms with van der Waals surface area (Å²) in [5.41, 5.74) is 0. The highest BCUT2D eigenvalue weighted by molar-refractivity contribution is 4.79. The van der Waals surface area contributed by atoms with Crippen molar-refractivity contribution in [3.63, 3.8) is 0 Å². The van der Waals surface area contributed by atoms with Crippen molar-refractivity contribution in [3.05, 3.63) is 0 Å². The molecule has 0 heterocycles. The van der Waals surface area contributed by atoms with Crippen molar-refractivity contribution < 1.29 is 0 Å². The number of nitrogens with one attached hydrogen (secondary N) is 1. The summed E-state index contributed by atoms with van der Waals surface area (Å²) < 4.78 is 0. The Balaban J connectivity index is 2.00. The van der Waals surface area contributed by atoms with Gasteiger partial charge in [0.15, 0.2) is 0 Å². The second-order valence-corrected chi connectivity index (χ2v) is 5.50. The van der Waals surface area contributed by atoms with Crippen LogP contribution >= 0.6 is 0 Å². The Morgan fingerprint density at radius 3 is 2.25 bits per heavy atom. The van der Waals surface area contributed by atoms with Gasteiger partial charge in [0.2, 0.25) is 0 Å². The van der Waals surface area contributed by atoms with Crippen molar-refractivity contribution in [3.8, 4) is 0 Å². The topological polar surface area (TPSA) is 12.0 Å². The van der Waals surface area contributed by atoms with Crippen LogP contribution in [0.4, 0.5) is 0 Å². The minimum absolute atomic E-state index is 0.814. The van der Waals surface area contributed by atoms with Crippen LogP contribution in [0.1, 0.15) is 77.6 Å². The van der Waals surface area contributed by atoms with Gasteiger partial charge in [-0.25, -0.2) is 0 Å². The highest BCUT2D eigenvalue weighted by atomic mass is 14.9. The molecule has 0 bridgehead atoms. The largest absolute Gasteiger partial charge is 0.317 e. The highest BCUT2D eigenvalue weighted by Gasteiger charge is 2.22. The third-order valence-corrected chi connectivity index (χ3v) is 4.21. The second-order valence-electron chi connectivity index (χ2n) is 5.50. The van der Waals surface area contributed by atoms with Crippen LogP contribution < -0.4 is 5.32 Å². The quantitative estimate of drug-likeness (QED) is 0.569. The fraction of sp³-hybridized carbons (Fsp3) is 1.00. The van der Waals surface area contributed by atoms with Crippen LogP contribution in [0.25, 0.3) is 0 Å². The zero-order valence-corrected chi connectivity index (χ0v) is 11.4. The predicted molar refractivity (Wildman–Crippen MR) is 72.8 cm³/mol. The third kappa shape index (κ3) is 5.34. The van der Waals surface area contributed by atoms with Gasteiger partial charge >= 0.3 is 0 Å². The molecule has 1 nitrogen and oxygen atoms in total. The molecule has 1 saturated carbocycles. The molecule has 16 heavy (non-hydrogen) atoms. The van der Waals surface area contributed by atoms with E-state index in [1.54, 1.807) is 0 Å². The maximum atomic E-state index is 3.55. The van der Waals surface area contributed by atoms with Crippen molar-refractivity contribution in [2.45, 2.75) is 83.6 Å². The molecule has 0 aliphatic heterocycles. The normalized spacial score (nSPS) is 19.1. The summed E-state index contributed by atoms with van der Waals surface area (Å²) in [7, 11) is 2.15. The van der Waals surface area contributed by atoms with Crippen LogP contribution in [-0.2, 0) is 0 Å². The van der Waals surface area contributed by atoms with E-state index in [0.29, 0.717) is 0 Å². The molecule has 1 atom stereocenters. The molecule has 1 N–H and O–H groups in total. The molecule has 0 saturated heterocycles. The Morgan fingerprint density at radius 1 is 1.00 bits per heavy atom. The van der Waals surface area contributed by atoms with E-state index in [4.69, 9.17) is 0 Å². The summed E-state index contributed by atoms with van der Waals surface area (Å²) in [4.78, 5) is 0. The van der Waals surface area contributed by atoms with Crippen LogP contribution in [0.3, 0.4) is 0 Å². The van der Waals surface area contributed by atoms with E-state index < -0.39 is 0 Å². The molecule has 0 spiro atoms. The first-order valence-corrected chi connectivity index (χ1v) is 7.55. The van der Waals surface area contributed by atoms with E-state index in [0.717, 1.165) is 12.0 Å². The summed E-state index contributed by atoms with van der Waals surface area (Å²) >= 11 is 0. The van der Waals surface area contributed by atoms with Gasteiger partial charge in [-0.2, -0.15) is 0 Å². The molecule has 0 amide bonds. The first-order valence-electron chi connectivity index (χ1n) is 7.55. The smallest absolute Gasteiger partial charge is 0.00923 e. The molecule has 1 aliphatic carbocycles. The second kappa shape index (κ2) is 9.04. The molecular weight excluding hydrogens is 194 g/mol. The molecule has 0 aromatic carbocycles. The SMILES string of the molecule is CCCCCCCCC(NC)C1CCCC1. The standard InChI is InChI=1S/C15H31N/c1-3-4-5-6-7-8-13-15(16-2)14-11-9-10-12-14/h14-16H,3-13H2,1-2H3. The van der Waals surface area contributed by atoms with E-state index >= 15 is 0 Å². The molecular formula is C15H31N. The van der Waals surface area contributed by atoms with Crippen molar-refractivity contribution in [2.24, 2.45) is 5.92 Å². The van der Waals surface area contributed by atoms with E-state index in [1.165, 1.54) is 70.6 Å². The molecule has 1 fully saturated rings. The Kier molecular flexibility index (Phi) is 7.92. The third-order valence-electron chi connectivity index (χ3n) is 4.21. The fourth-order valence-corrected chi connectivity index (χ4v) is 3.12. The summed E-state index contributed by atoms with van der Waals surface area (Å²) in [6, 6.07) is 0.814. The summed E-state index contributed by atoms with van der Waals surface area (Å²) in [5, 5.41) is 3.55. The lowest BCUT2D eigenvalue weighted by Crippen LogP contribution is -2.32. The van der Waals surface area contributed by atoms with Gasteiger partial charge in [0.05, 0.1) is 0 Å². The Morgan fingerprint density at radius 2 is 1.62 bits per heavy atom. The van der Waals surface area contributed by atoms with Gasteiger partial charge in [-0.1, -0.05) is 58.3 Å². The van der Waals surface area contributed by atoms with Gasteiger partial charge in [0.25, 0.3) is 0 Å². The number of hydrogen-bond acceptors (Lipinski definition) is 1. The molecule has 1 rings (SSSR count). The minimum atomic E-state index is 0.814. The highest BCUT2D eigenvalue weighted by Crippen LogP contribution is 2.29. The lowest BCUT2D eigenvalue weighted by molar-refractivity contribution is 0.348. The Bertz CT molecular complexity index is 150. The van der Waals surface area contributed by atoms with E-state index in [2.05, 4.69) is 19.3 Å². The molecule has 0 radical (unpaired) electrons. The Hall–Kier alpha value is -0.0400. The lowest BCUT2D eigenvalue weighted by atomic mass is 9.93. The van der Waals surface area contributed by atoms with Crippen molar-refractivity contribution in [1.82, 2.24) is 5.32 Å². The van der Waals surface area contributed by atoms with Crippen LogP contribution in [0.2, 0.25) is 0 Å². The van der Waals surface area contributed by atoms with Crippen LogP contribution in [0, 0.1) is 5.92 Å². The first kappa shape index (κ1) is 14.0. The van der Waals surface area contributed by atoms with E-state index in [9.17, 15) is 0 Å². The van der Waals surface area contributed by atoms with Gasteiger partial charge in [0, 0.05) is 6.04 Å². The molecule has 1 unspecified atom stereocenters. The number of unbranched alkanes of at least 4 members (excludes halogenated alkanes) is 5. The van der Waals surface area contributed by atoms with Crippen molar-refractivity contribution >= 4 is 0 Å². The summed E-state index contributed by atoms with van der Waals surface area (Å²) in [6.07, 6.45) is 15.9. The average molecular weight is 225 g/mol. The maximum absolute atomic E-state index is 3.55. The van der Waals surface area contributed by atoms with Gasteiger partial charge in [-0.15, -0.1) is 0 Å². The summed E-state index contributed by atoms with van der Waals surface area (Å²) in [5.74, 6) is 0.987. The molecule has 1 heteroatoms. The van der Waals surface area contributed by atoms with Gasteiger partial charge in [-0.05, 0) is 32.2 Å². The molecule has 0 aromatic rings. The zero-order valence-electron chi connectivity index (χ0n) is 11.4. The predicted octanol–water partition coefficient (Wildman–Crippen LogP) is 4.52.